The van der Waals surface area contributed by atoms with Crippen LogP contribution >= 0.6 is 0 Å². The van der Waals surface area contributed by atoms with Crippen molar-refractivity contribution in [2.75, 3.05) is 0 Å². The SMILES string of the molecule is CC(C)n1c(/C=C/[C@@H](O)C[C@@H](O)CC(=O)O)c(-c2ccc(F)cc2)c2ccccc21.[Ba+2].[H-].[H-]. The van der Waals surface area contributed by atoms with Crippen LogP contribution in [0.4, 0.5) is 4.39 Å². The number of para-hydroxylation sites is 1. The maximum Gasteiger partial charge on any atom is 2.00 e. The fourth-order valence-corrected chi connectivity index (χ4v) is 3.77. The molecular weight excluding hydrogens is 523 g/mol. The molecule has 3 rings (SSSR count). The Kier molecular flexibility index (Phi) is 9.57. The van der Waals surface area contributed by atoms with Gasteiger partial charge >= 0.3 is 54.9 Å². The number of carboxylic acid groups (broad SMARTS) is 1. The van der Waals surface area contributed by atoms with Gasteiger partial charge in [-0.25, -0.2) is 4.39 Å². The fourth-order valence-electron chi connectivity index (χ4n) is 3.77. The van der Waals surface area contributed by atoms with Crippen molar-refractivity contribution in [3.63, 3.8) is 0 Å². The van der Waals surface area contributed by atoms with E-state index in [1.807, 2.05) is 24.3 Å². The van der Waals surface area contributed by atoms with Crippen molar-refractivity contribution in [2.24, 2.45) is 0 Å². The van der Waals surface area contributed by atoms with Gasteiger partial charge in [-0.05, 0) is 43.7 Å². The zero-order valence-corrected chi connectivity index (χ0v) is 22.1. The molecule has 2 aromatic carbocycles. The first-order valence-electron chi connectivity index (χ1n) is 9.93. The molecule has 3 N–H and O–H groups in total. The Bertz CT molecular complexity index is 1070. The van der Waals surface area contributed by atoms with Crippen LogP contribution in [-0.4, -0.2) is 86.9 Å². The summed E-state index contributed by atoms with van der Waals surface area (Å²) in [5.41, 5.74) is 3.65. The third kappa shape index (κ3) is 6.32. The number of fused-ring (bicyclic) bond motifs is 1. The second-order valence-corrected chi connectivity index (χ2v) is 7.66. The molecule has 162 valence electrons. The first-order valence-corrected chi connectivity index (χ1v) is 9.93. The maximum absolute atomic E-state index is 13.5. The number of benzene rings is 2. The molecule has 0 fully saturated rings. The van der Waals surface area contributed by atoms with Gasteiger partial charge in [0.15, 0.2) is 0 Å². The van der Waals surface area contributed by atoms with Crippen LogP contribution in [-0.2, 0) is 4.79 Å². The molecule has 31 heavy (non-hydrogen) atoms. The summed E-state index contributed by atoms with van der Waals surface area (Å²) in [7, 11) is 0. The number of hydrogen-bond donors (Lipinski definition) is 3. The molecule has 0 saturated carbocycles. The Morgan fingerprint density at radius 2 is 1.77 bits per heavy atom. The summed E-state index contributed by atoms with van der Waals surface area (Å²) in [6, 6.07) is 14.4. The van der Waals surface area contributed by atoms with Crippen molar-refractivity contribution in [3.05, 3.63) is 66.1 Å². The Morgan fingerprint density at radius 1 is 1.13 bits per heavy atom. The normalized spacial score (nSPS) is 13.5. The van der Waals surface area contributed by atoms with Crippen molar-refractivity contribution in [1.82, 2.24) is 4.57 Å². The molecule has 0 amide bonds. The van der Waals surface area contributed by atoms with Gasteiger partial charge < -0.3 is 22.7 Å². The van der Waals surface area contributed by atoms with E-state index >= 15 is 0 Å². The van der Waals surface area contributed by atoms with E-state index in [1.165, 1.54) is 12.1 Å². The van der Waals surface area contributed by atoms with E-state index in [4.69, 9.17) is 5.11 Å². The Hall–Kier alpha value is -1.39. The fraction of sp³-hybridized carbons (Fsp3) is 0.292. The molecular formula is C24H28BaFNO4. The molecule has 7 heteroatoms. The van der Waals surface area contributed by atoms with Gasteiger partial charge in [0, 0.05) is 34.6 Å². The molecule has 0 unspecified atom stereocenters. The van der Waals surface area contributed by atoms with Gasteiger partial charge in [0.25, 0.3) is 0 Å². The monoisotopic (exact) mass is 551 g/mol. The molecule has 0 bridgehead atoms. The largest absolute Gasteiger partial charge is 2.00 e. The summed E-state index contributed by atoms with van der Waals surface area (Å²) in [4.78, 5) is 10.7. The molecule has 3 aromatic rings. The van der Waals surface area contributed by atoms with Crippen molar-refractivity contribution >= 4 is 71.8 Å². The van der Waals surface area contributed by atoms with Crippen LogP contribution in [0.2, 0.25) is 0 Å². The predicted octanol–water partition coefficient (Wildman–Crippen LogP) is 4.47. The predicted molar refractivity (Wildman–Crippen MR) is 124 cm³/mol. The Morgan fingerprint density at radius 3 is 2.39 bits per heavy atom. The van der Waals surface area contributed by atoms with Gasteiger partial charge in [-0.15, -0.1) is 0 Å². The Labute approximate surface area is 224 Å². The van der Waals surface area contributed by atoms with Crippen molar-refractivity contribution in [1.29, 1.82) is 0 Å². The first-order chi connectivity index (χ1) is 14.3. The van der Waals surface area contributed by atoms with Gasteiger partial charge in [0.2, 0.25) is 0 Å². The average Bonchev–Trinajstić information content (AvgIpc) is 3.00. The zero-order chi connectivity index (χ0) is 21.8. The van der Waals surface area contributed by atoms with Crippen LogP contribution in [0.5, 0.6) is 0 Å². The maximum atomic E-state index is 13.5. The number of aliphatic carboxylic acids is 1. The average molecular weight is 551 g/mol. The van der Waals surface area contributed by atoms with Gasteiger partial charge in [-0.2, -0.15) is 0 Å². The zero-order valence-electron chi connectivity index (χ0n) is 19.7. The summed E-state index contributed by atoms with van der Waals surface area (Å²) in [5, 5.41) is 29.9. The third-order valence-electron chi connectivity index (χ3n) is 5.00. The number of rotatable bonds is 8. The van der Waals surface area contributed by atoms with E-state index in [-0.39, 0.29) is 70.0 Å². The minimum Gasteiger partial charge on any atom is -1.00 e. The second-order valence-electron chi connectivity index (χ2n) is 7.66. The Balaban J connectivity index is 0.00000341. The molecule has 0 radical (unpaired) electrons. The number of aliphatic hydroxyl groups excluding tert-OH is 2. The van der Waals surface area contributed by atoms with E-state index in [0.717, 1.165) is 27.7 Å². The smallest absolute Gasteiger partial charge is 1.00 e. The minimum absolute atomic E-state index is 0. The van der Waals surface area contributed by atoms with Crippen LogP contribution in [0.1, 0.15) is 41.3 Å². The quantitative estimate of drug-likeness (QED) is 0.362. The standard InChI is InChI=1S/C24H26FNO4.Ba.2H/c1-15(2)26-21-6-4-3-5-20(21)24(16-7-9-17(25)10-8-16)22(26)12-11-18(27)13-19(28)14-23(29)30;;;/h3-12,15,18-19,27-28H,13-14H2,1-2H3,(H,29,30);;;/q;+2;2*-1/b12-11+;;;/t18-,19-;;;/m1.../s1. The number of nitrogens with zero attached hydrogens (tertiary/aromatic N) is 1. The van der Waals surface area contributed by atoms with Crippen LogP contribution in [0.15, 0.2) is 54.6 Å². The number of carboxylic acids is 1. The van der Waals surface area contributed by atoms with E-state index in [1.54, 1.807) is 24.3 Å². The first kappa shape index (κ1) is 25.9. The van der Waals surface area contributed by atoms with Crippen LogP contribution < -0.4 is 0 Å². The molecule has 0 spiro atoms. The van der Waals surface area contributed by atoms with Crippen molar-refractivity contribution < 1.29 is 27.4 Å². The number of aliphatic hydroxyl groups is 2. The summed E-state index contributed by atoms with van der Waals surface area (Å²) < 4.78 is 15.6. The summed E-state index contributed by atoms with van der Waals surface area (Å²) in [6.07, 6.45) is 0.727. The topological polar surface area (TPSA) is 82.7 Å². The van der Waals surface area contributed by atoms with Crippen LogP contribution in [0.25, 0.3) is 28.1 Å². The number of aromatic nitrogens is 1. The number of hydrogen-bond acceptors (Lipinski definition) is 3. The molecule has 0 aliphatic heterocycles. The second kappa shape index (κ2) is 11.5. The van der Waals surface area contributed by atoms with E-state index in [0.29, 0.717) is 0 Å². The van der Waals surface area contributed by atoms with Crippen LogP contribution in [0.3, 0.4) is 0 Å². The molecule has 2 atom stereocenters. The molecule has 0 aliphatic rings. The molecule has 0 aliphatic carbocycles. The van der Waals surface area contributed by atoms with Gasteiger partial charge in [-0.3, -0.25) is 4.79 Å². The summed E-state index contributed by atoms with van der Waals surface area (Å²) >= 11 is 0. The molecule has 1 heterocycles. The molecule has 5 nitrogen and oxygen atoms in total. The van der Waals surface area contributed by atoms with E-state index in [9.17, 15) is 19.4 Å². The van der Waals surface area contributed by atoms with E-state index < -0.39 is 24.6 Å². The molecule has 1 aromatic heterocycles. The molecule has 0 saturated heterocycles. The summed E-state index contributed by atoms with van der Waals surface area (Å²) in [6.45, 7) is 4.12. The number of halogens is 1. The van der Waals surface area contributed by atoms with Gasteiger partial charge in [0.05, 0.1) is 18.6 Å². The number of carbonyl (C=O) groups is 1. The van der Waals surface area contributed by atoms with E-state index in [2.05, 4.69) is 18.4 Å². The van der Waals surface area contributed by atoms with Gasteiger partial charge in [-0.1, -0.05) is 36.4 Å². The van der Waals surface area contributed by atoms with Crippen molar-refractivity contribution in [2.45, 2.75) is 44.9 Å². The van der Waals surface area contributed by atoms with Gasteiger partial charge in [0.1, 0.15) is 5.82 Å². The summed E-state index contributed by atoms with van der Waals surface area (Å²) in [5.74, 6) is -1.43. The van der Waals surface area contributed by atoms with Crippen LogP contribution in [0, 0.1) is 5.82 Å². The van der Waals surface area contributed by atoms with Crippen molar-refractivity contribution in [3.8, 4) is 11.1 Å². The third-order valence-corrected chi connectivity index (χ3v) is 5.00. The minimum atomic E-state index is -1.13.